The summed E-state index contributed by atoms with van der Waals surface area (Å²) < 4.78 is 0. The van der Waals surface area contributed by atoms with Crippen LogP contribution in [-0.4, -0.2) is 17.2 Å². The molecular weight excluding hydrogens is 392 g/mol. The molecule has 166 valence electrons. The SMILES string of the molecule is CC1=C(c2cccc(-c3ccc(CC4=CC(=N)NC(C)(CC(C)C)C(=O)C4)cc3)c2)CC1. The van der Waals surface area contributed by atoms with Crippen LogP contribution >= 0.6 is 0 Å². The van der Waals surface area contributed by atoms with Gasteiger partial charge in [0.2, 0.25) is 0 Å². The molecule has 0 saturated carbocycles. The van der Waals surface area contributed by atoms with Crippen LogP contribution in [0.15, 0.2) is 65.8 Å². The second-order valence-electron chi connectivity index (χ2n) is 10.1. The largest absolute Gasteiger partial charge is 0.358 e. The van der Waals surface area contributed by atoms with Gasteiger partial charge in [-0.25, -0.2) is 0 Å². The predicted molar refractivity (Wildman–Crippen MR) is 134 cm³/mol. The molecule has 2 aromatic carbocycles. The van der Waals surface area contributed by atoms with Crippen molar-refractivity contribution in [2.45, 2.75) is 65.3 Å². The van der Waals surface area contributed by atoms with Gasteiger partial charge in [-0.15, -0.1) is 0 Å². The van der Waals surface area contributed by atoms with Crippen molar-refractivity contribution < 1.29 is 4.79 Å². The number of allylic oxidation sites excluding steroid dienone is 3. The van der Waals surface area contributed by atoms with Gasteiger partial charge in [0, 0.05) is 6.42 Å². The zero-order chi connectivity index (χ0) is 22.9. The molecule has 0 amide bonds. The highest BCUT2D eigenvalue weighted by Gasteiger charge is 2.36. The molecule has 32 heavy (non-hydrogen) atoms. The second kappa shape index (κ2) is 8.90. The first kappa shape index (κ1) is 22.3. The number of hydrogen-bond donors (Lipinski definition) is 2. The molecule has 1 heterocycles. The minimum atomic E-state index is -0.660. The van der Waals surface area contributed by atoms with Crippen LogP contribution in [0.1, 0.15) is 64.5 Å². The monoisotopic (exact) mass is 426 g/mol. The van der Waals surface area contributed by atoms with E-state index in [-0.39, 0.29) is 5.78 Å². The summed E-state index contributed by atoms with van der Waals surface area (Å²) in [5.41, 5.74) is 8.30. The van der Waals surface area contributed by atoms with Gasteiger partial charge in [0.05, 0.1) is 5.54 Å². The zero-order valence-electron chi connectivity index (χ0n) is 19.7. The summed E-state index contributed by atoms with van der Waals surface area (Å²) in [7, 11) is 0. The highest BCUT2D eigenvalue weighted by atomic mass is 16.1. The van der Waals surface area contributed by atoms with Crippen LogP contribution in [0.5, 0.6) is 0 Å². The summed E-state index contributed by atoms with van der Waals surface area (Å²) in [5, 5.41) is 11.5. The lowest BCUT2D eigenvalue weighted by atomic mass is 9.84. The van der Waals surface area contributed by atoms with Gasteiger partial charge in [0.25, 0.3) is 0 Å². The van der Waals surface area contributed by atoms with Crippen LogP contribution in [0.2, 0.25) is 0 Å². The van der Waals surface area contributed by atoms with E-state index < -0.39 is 5.54 Å². The molecule has 2 N–H and O–H groups in total. The molecule has 1 aliphatic heterocycles. The van der Waals surface area contributed by atoms with E-state index in [4.69, 9.17) is 5.41 Å². The van der Waals surface area contributed by atoms with Crippen molar-refractivity contribution in [3.63, 3.8) is 0 Å². The topological polar surface area (TPSA) is 53.0 Å². The van der Waals surface area contributed by atoms with E-state index in [0.29, 0.717) is 24.6 Å². The minimum Gasteiger partial charge on any atom is -0.358 e. The van der Waals surface area contributed by atoms with Gasteiger partial charge < -0.3 is 5.32 Å². The molecule has 0 fully saturated rings. The van der Waals surface area contributed by atoms with Crippen LogP contribution < -0.4 is 5.32 Å². The third-order valence-electron chi connectivity index (χ3n) is 6.77. The molecule has 0 saturated heterocycles. The summed E-state index contributed by atoms with van der Waals surface area (Å²) in [4.78, 5) is 13.0. The van der Waals surface area contributed by atoms with Crippen molar-refractivity contribution in [2.24, 2.45) is 5.92 Å². The van der Waals surface area contributed by atoms with Gasteiger partial charge in [-0.2, -0.15) is 0 Å². The van der Waals surface area contributed by atoms with E-state index in [1.807, 2.05) is 13.0 Å². The number of nitrogens with one attached hydrogen (secondary N) is 2. The van der Waals surface area contributed by atoms with Crippen LogP contribution in [0, 0.1) is 11.3 Å². The average Bonchev–Trinajstić information content (AvgIpc) is 2.82. The van der Waals surface area contributed by atoms with Crippen molar-refractivity contribution in [2.75, 3.05) is 0 Å². The molecule has 0 spiro atoms. The normalized spacial score (nSPS) is 21.2. The van der Waals surface area contributed by atoms with Gasteiger partial charge in [-0.3, -0.25) is 10.2 Å². The Labute approximate surface area is 192 Å². The average molecular weight is 427 g/mol. The van der Waals surface area contributed by atoms with E-state index in [1.165, 1.54) is 46.2 Å². The molecule has 0 radical (unpaired) electrons. The Kier molecular flexibility index (Phi) is 6.19. The Bertz CT molecular complexity index is 1100. The summed E-state index contributed by atoms with van der Waals surface area (Å²) in [6.45, 7) is 8.40. The maximum Gasteiger partial charge on any atom is 0.161 e. The van der Waals surface area contributed by atoms with Gasteiger partial charge in [0.15, 0.2) is 5.78 Å². The van der Waals surface area contributed by atoms with Crippen molar-refractivity contribution in [3.8, 4) is 11.1 Å². The minimum absolute atomic E-state index is 0.175. The summed E-state index contributed by atoms with van der Waals surface area (Å²) in [6.07, 6.45) is 6.07. The molecular formula is C29H34N2O. The Morgan fingerprint density at radius 2 is 1.75 bits per heavy atom. The first-order valence-electron chi connectivity index (χ1n) is 11.7. The Balaban J connectivity index is 1.49. The van der Waals surface area contributed by atoms with E-state index >= 15 is 0 Å². The van der Waals surface area contributed by atoms with Gasteiger partial charge in [0.1, 0.15) is 5.84 Å². The van der Waals surface area contributed by atoms with Crippen molar-refractivity contribution >= 4 is 17.2 Å². The van der Waals surface area contributed by atoms with Crippen molar-refractivity contribution in [3.05, 3.63) is 76.9 Å². The van der Waals surface area contributed by atoms with E-state index in [9.17, 15) is 4.79 Å². The lowest BCUT2D eigenvalue weighted by molar-refractivity contribution is -0.124. The van der Waals surface area contributed by atoms with E-state index in [1.54, 1.807) is 0 Å². The smallest absolute Gasteiger partial charge is 0.161 e. The van der Waals surface area contributed by atoms with Gasteiger partial charge in [-0.1, -0.05) is 67.5 Å². The molecule has 4 rings (SSSR count). The number of Topliss-reactive ketones (excluding diaryl/α,β-unsaturated/α-hetero) is 1. The molecule has 1 aliphatic carbocycles. The van der Waals surface area contributed by atoms with Crippen molar-refractivity contribution in [1.82, 2.24) is 5.32 Å². The first-order valence-corrected chi connectivity index (χ1v) is 11.7. The summed E-state index contributed by atoms with van der Waals surface area (Å²) >= 11 is 0. The Morgan fingerprint density at radius 1 is 1.03 bits per heavy atom. The number of rotatable bonds is 6. The second-order valence-corrected chi connectivity index (χ2v) is 10.1. The van der Waals surface area contributed by atoms with Gasteiger partial charge in [-0.05, 0) is 85.4 Å². The lowest BCUT2D eigenvalue weighted by Gasteiger charge is -2.30. The zero-order valence-corrected chi connectivity index (χ0v) is 19.7. The number of ketones is 1. The maximum absolute atomic E-state index is 13.0. The predicted octanol–water partition coefficient (Wildman–Crippen LogP) is 6.73. The number of amidine groups is 1. The van der Waals surface area contributed by atoms with E-state index in [2.05, 4.69) is 74.6 Å². The number of hydrogen-bond acceptors (Lipinski definition) is 2. The fourth-order valence-corrected chi connectivity index (χ4v) is 5.01. The van der Waals surface area contributed by atoms with Crippen LogP contribution in [-0.2, 0) is 11.2 Å². The first-order chi connectivity index (χ1) is 15.2. The Hall–Kier alpha value is -2.94. The summed E-state index contributed by atoms with van der Waals surface area (Å²) in [6, 6.07) is 17.5. The third kappa shape index (κ3) is 4.77. The summed E-state index contributed by atoms with van der Waals surface area (Å²) in [5.74, 6) is 0.901. The molecule has 1 unspecified atom stereocenters. The fourth-order valence-electron chi connectivity index (χ4n) is 5.01. The molecule has 3 heteroatoms. The molecule has 2 aliphatic rings. The fraction of sp³-hybridized carbons (Fsp3) is 0.379. The van der Waals surface area contributed by atoms with Crippen molar-refractivity contribution in [1.29, 1.82) is 5.41 Å². The molecule has 0 aromatic heterocycles. The molecule has 0 bridgehead atoms. The highest BCUT2D eigenvalue weighted by Crippen LogP contribution is 2.37. The number of carbonyl (C=O) groups excluding carboxylic acids is 1. The van der Waals surface area contributed by atoms with Crippen LogP contribution in [0.3, 0.4) is 0 Å². The third-order valence-corrected chi connectivity index (χ3v) is 6.77. The van der Waals surface area contributed by atoms with E-state index in [0.717, 1.165) is 12.0 Å². The quantitative estimate of drug-likeness (QED) is 0.538. The van der Waals surface area contributed by atoms with Gasteiger partial charge >= 0.3 is 0 Å². The van der Waals surface area contributed by atoms with Crippen LogP contribution in [0.4, 0.5) is 0 Å². The lowest BCUT2D eigenvalue weighted by Crippen LogP contribution is -2.51. The molecule has 2 aromatic rings. The maximum atomic E-state index is 13.0. The van der Waals surface area contributed by atoms with Crippen LogP contribution in [0.25, 0.3) is 16.7 Å². The standard InChI is InChI=1S/C29H34N2O/c1-19(2)18-29(4)27(32)15-22(16-28(30)31-29)14-21-9-11-23(12-10-21)24-6-5-7-25(17-24)26-13-8-20(26)3/h5-7,9-12,16-17,19H,8,13-15,18H2,1-4H3,(H2,30,31). The number of benzene rings is 2. The molecule has 3 nitrogen and oxygen atoms in total. The Morgan fingerprint density at radius 3 is 2.38 bits per heavy atom. The molecule has 1 atom stereocenters. The highest BCUT2D eigenvalue weighted by molar-refractivity contribution is 6.01. The number of carbonyl (C=O) groups is 1.